The smallest absolute Gasteiger partial charge is 0.261 e. The van der Waals surface area contributed by atoms with Crippen molar-refractivity contribution in [3.05, 3.63) is 48.3 Å². The molecule has 27 heavy (non-hydrogen) atoms. The Morgan fingerprint density at radius 1 is 1.15 bits per heavy atom. The molecular weight excluding hydrogens is 370 g/mol. The lowest BCUT2D eigenvalue weighted by Gasteiger charge is -2.12. The van der Waals surface area contributed by atoms with Gasteiger partial charge in [-0.05, 0) is 56.3 Å². The summed E-state index contributed by atoms with van der Waals surface area (Å²) in [5, 5.41) is 3.75. The van der Waals surface area contributed by atoms with E-state index in [0.717, 1.165) is 0 Å². The first kappa shape index (κ1) is 18.7. The molecule has 0 saturated carbocycles. The summed E-state index contributed by atoms with van der Waals surface area (Å²) in [4.78, 5) is 4.21. The van der Waals surface area contributed by atoms with Crippen molar-refractivity contribution in [3.8, 4) is 23.0 Å². The van der Waals surface area contributed by atoms with Gasteiger partial charge in [0.25, 0.3) is 15.9 Å². The Kier molecular flexibility index (Phi) is 5.31. The largest absolute Gasteiger partial charge is 0.497 e. The average molecular weight is 389 g/mol. The molecule has 0 fully saturated rings. The number of aryl methyl sites for hydroxylation is 1. The van der Waals surface area contributed by atoms with E-state index in [4.69, 9.17) is 14.0 Å². The molecular formula is C18H19N3O5S. The van der Waals surface area contributed by atoms with Gasteiger partial charge in [-0.2, -0.15) is 4.98 Å². The molecule has 0 bridgehead atoms. The molecule has 0 amide bonds. The number of nitrogens with one attached hydrogen (secondary N) is 1. The summed E-state index contributed by atoms with van der Waals surface area (Å²) in [5.41, 5.74) is 0.829. The number of nitrogens with zero attached hydrogens (tertiary/aromatic N) is 2. The van der Waals surface area contributed by atoms with Crippen LogP contribution in [0.2, 0.25) is 0 Å². The van der Waals surface area contributed by atoms with Gasteiger partial charge in [0, 0.05) is 5.69 Å². The first-order valence-corrected chi connectivity index (χ1v) is 9.65. The maximum absolute atomic E-state index is 12.8. The molecule has 1 heterocycles. The highest BCUT2D eigenvalue weighted by molar-refractivity contribution is 7.92. The van der Waals surface area contributed by atoms with Gasteiger partial charge in [-0.25, -0.2) is 8.42 Å². The van der Waals surface area contributed by atoms with E-state index in [9.17, 15) is 8.42 Å². The third-order valence-corrected chi connectivity index (χ3v) is 5.04. The van der Waals surface area contributed by atoms with Gasteiger partial charge in [-0.3, -0.25) is 4.72 Å². The Morgan fingerprint density at radius 2 is 1.89 bits per heavy atom. The molecule has 0 radical (unpaired) electrons. The van der Waals surface area contributed by atoms with E-state index in [1.807, 2.05) is 6.92 Å². The monoisotopic (exact) mass is 389 g/mol. The molecule has 1 N–H and O–H groups in total. The average Bonchev–Trinajstić information content (AvgIpc) is 3.09. The first-order chi connectivity index (χ1) is 12.9. The molecule has 142 valence electrons. The third-order valence-electron chi connectivity index (χ3n) is 3.66. The van der Waals surface area contributed by atoms with Crippen molar-refractivity contribution in [2.75, 3.05) is 18.4 Å². The summed E-state index contributed by atoms with van der Waals surface area (Å²) < 4.78 is 43.9. The Labute approximate surface area is 157 Å². The second-order valence-electron chi connectivity index (χ2n) is 5.57. The highest BCUT2D eigenvalue weighted by Gasteiger charge is 2.20. The number of hydrogen-bond donors (Lipinski definition) is 1. The molecule has 0 unspecified atom stereocenters. The van der Waals surface area contributed by atoms with Crippen LogP contribution in [0.1, 0.15) is 12.7 Å². The summed E-state index contributed by atoms with van der Waals surface area (Å²) in [5.74, 6) is 1.73. The number of hydrogen-bond acceptors (Lipinski definition) is 7. The van der Waals surface area contributed by atoms with Crippen LogP contribution in [0.3, 0.4) is 0 Å². The quantitative estimate of drug-likeness (QED) is 0.661. The van der Waals surface area contributed by atoms with E-state index >= 15 is 0 Å². The number of anilines is 1. The Bertz CT molecular complexity index is 1030. The van der Waals surface area contributed by atoms with Gasteiger partial charge in [0.1, 0.15) is 11.5 Å². The molecule has 0 aliphatic rings. The highest BCUT2D eigenvalue weighted by atomic mass is 32.2. The molecule has 0 aliphatic carbocycles. The zero-order valence-corrected chi connectivity index (χ0v) is 15.9. The summed E-state index contributed by atoms with van der Waals surface area (Å²) in [7, 11) is -2.28. The lowest BCUT2D eigenvalue weighted by atomic mass is 10.2. The van der Waals surface area contributed by atoms with Gasteiger partial charge >= 0.3 is 0 Å². The van der Waals surface area contributed by atoms with E-state index < -0.39 is 10.0 Å². The van der Waals surface area contributed by atoms with Gasteiger partial charge in [0.15, 0.2) is 5.82 Å². The van der Waals surface area contributed by atoms with Crippen LogP contribution in [0, 0.1) is 6.92 Å². The van der Waals surface area contributed by atoms with Crippen molar-refractivity contribution in [2.45, 2.75) is 18.7 Å². The van der Waals surface area contributed by atoms with Crippen LogP contribution in [0.5, 0.6) is 11.5 Å². The number of sulfonamides is 1. The lowest BCUT2D eigenvalue weighted by Crippen LogP contribution is -2.13. The van der Waals surface area contributed by atoms with Crippen LogP contribution in [-0.4, -0.2) is 32.3 Å². The van der Waals surface area contributed by atoms with E-state index in [0.29, 0.717) is 35.2 Å². The van der Waals surface area contributed by atoms with Crippen molar-refractivity contribution >= 4 is 15.7 Å². The third kappa shape index (κ3) is 4.20. The predicted molar refractivity (Wildman–Crippen MR) is 99.4 cm³/mol. The summed E-state index contributed by atoms with van der Waals surface area (Å²) in [6, 6.07) is 11.1. The van der Waals surface area contributed by atoms with Crippen LogP contribution < -0.4 is 14.2 Å². The molecule has 0 atom stereocenters. The molecule has 3 rings (SSSR count). The van der Waals surface area contributed by atoms with Crippen molar-refractivity contribution < 1.29 is 22.4 Å². The van der Waals surface area contributed by atoms with E-state index in [-0.39, 0.29) is 10.8 Å². The maximum Gasteiger partial charge on any atom is 0.261 e. The molecule has 3 aromatic rings. The van der Waals surface area contributed by atoms with E-state index in [2.05, 4.69) is 14.9 Å². The standard InChI is InChI=1S/C18H19N3O5S/c1-4-25-17-10-9-15(11-16(17)18-19-12(2)20-26-18)27(22,23)21-13-5-7-14(24-3)8-6-13/h5-11,21H,4H2,1-3H3. The van der Waals surface area contributed by atoms with Gasteiger partial charge in [0.05, 0.1) is 24.2 Å². The molecule has 9 heteroatoms. The molecule has 1 aromatic heterocycles. The fourth-order valence-electron chi connectivity index (χ4n) is 2.40. The van der Waals surface area contributed by atoms with Crippen molar-refractivity contribution in [2.24, 2.45) is 0 Å². The second kappa shape index (κ2) is 7.67. The van der Waals surface area contributed by atoms with Crippen LogP contribution in [0.25, 0.3) is 11.5 Å². The molecule has 0 saturated heterocycles. The van der Waals surface area contributed by atoms with Crippen LogP contribution >= 0.6 is 0 Å². The highest BCUT2D eigenvalue weighted by Crippen LogP contribution is 2.32. The Hall–Kier alpha value is -3.07. The van der Waals surface area contributed by atoms with Gasteiger partial charge < -0.3 is 14.0 Å². The fourth-order valence-corrected chi connectivity index (χ4v) is 3.49. The number of aromatic nitrogens is 2. The van der Waals surface area contributed by atoms with Gasteiger partial charge in [-0.15, -0.1) is 0 Å². The van der Waals surface area contributed by atoms with Gasteiger partial charge in [0.2, 0.25) is 0 Å². The molecule has 2 aromatic carbocycles. The normalized spacial score (nSPS) is 11.2. The first-order valence-electron chi connectivity index (χ1n) is 8.17. The van der Waals surface area contributed by atoms with Crippen molar-refractivity contribution in [1.82, 2.24) is 10.1 Å². The second-order valence-corrected chi connectivity index (χ2v) is 7.25. The minimum atomic E-state index is -3.82. The van der Waals surface area contributed by atoms with E-state index in [1.165, 1.54) is 12.1 Å². The zero-order valence-electron chi connectivity index (χ0n) is 15.1. The van der Waals surface area contributed by atoms with Crippen molar-refractivity contribution in [1.29, 1.82) is 0 Å². The fraction of sp³-hybridized carbons (Fsp3) is 0.222. The number of rotatable bonds is 7. The minimum Gasteiger partial charge on any atom is -0.497 e. The van der Waals surface area contributed by atoms with Crippen LogP contribution in [-0.2, 0) is 10.0 Å². The molecule has 8 nitrogen and oxygen atoms in total. The predicted octanol–water partition coefficient (Wildman–Crippen LogP) is 3.25. The number of benzene rings is 2. The zero-order chi connectivity index (χ0) is 19.4. The Balaban J connectivity index is 1.97. The molecule has 0 aliphatic heterocycles. The van der Waals surface area contributed by atoms with E-state index in [1.54, 1.807) is 44.4 Å². The topological polar surface area (TPSA) is 104 Å². The number of ether oxygens (including phenoxy) is 2. The summed E-state index contributed by atoms with van der Waals surface area (Å²) >= 11 is 0. The van der Waals surface area contributed by atoms with Crippen LogP contribution in [0.15, 0.2) is 51.9 Å². The lowest BCUT2D eigenvalue weighted by molar-refractivity contribution is 0.339. The molecule has 0 spiro atoms. The summed E-state index contributed by atoms with van der Waals surface area (Å²) in [6.07, 6.45) is 0. The summed E-state index contributed by atoms with van der Waals surface area (Å²) in [6.45, 7) is 3.92. The van der Waals surface area contributed by atoms with Crippen molar-refractivity contribution in [3.63, 3.8) is 0 Å². The van der Waals surface area contributed by atoms with Crippen LogP contribution in [0.4, 0.5) is 5.69 Å². The minimum absolute atomic E-state index is 0.0487. The Morgan fingerprint density at radius 3 is 2.48 bits per heavy atom. The maximum atomic E-state index is 12.8. The SMILES string of the molecule is CCOc1ccc(S(=O)(=O)Nc2ccc(OC)cc2)cc1-c1nc(C)no1. The van der Waals surface area contributed by atoms with Gasteiger partial charge in [-0.1, -0.05) is 5.16 Å². The number of methoxy groups -OCH3 is 1.